The fraction of sp³-hybridized carbons (Fsp3) is 0.167. The molecule has 28 heavy (non-hydrogen) atoms. The second-order valence-electron chi connectivity index (χ2n) is 5.70. The number of nitrogen functional groups attached to an aromatic ring is 1. The molecule has 0 radical (unpaired) electrons. The zero-order valence-electron chi connectivity index (χ0n) is 14.4. The SMILES string of the molecule is Nc1nnc(CCNC(=O)c2cccc(Oc3cccc(C(F)(F)F)c3)c2)o1. The summed E-state index contributed by atoms with van der Waals surface area (Å²) in [6, 6.07) is 10.5. The Morgan fingerprint density at radius 2 is 1.82 bits per heavy atom. The van der Waals surface area contributed by atoms with E-state index in [-0.39, 0.29) is 35.5 Å². The standard InChI is InChI=1S/C18H15F3N4O3/c19-18(20,21)12-4-2-6-14(10-12)27-13-5-1-3-11(9-13)16(26)23-8-7-15-24-25-17(22)28-15/h1-6,9-10H,7-8H2,(H2,22,25)(H,23,26). The van der Waals surface area contributed by atoms with Crippen molar-refractivity contribution in [3.8, 4) is 11.5 Å². The van der Waals surface area contributed by atoms with Crippen molar-refractivity contribution in [2.45, 2.75) is 12.6 Å². The van der Waals surface area contributed by atoms with Gasteiger partial charge < -0.3 is 20.2 Å². The lowest BCUT2D eigenvalue weighted by Crippen LogP contribution is -2.25. The van der Waals surface area contributed by atoms with Crippen LogP contribution in [0, 0.1) is 0 Å². The second kappa shape index (κ2) is 7.99. The molecule has 0 aliphatic rings. The van der Waals surface area contributed by atoms with Crippen molar-refractivity contribution in [2.24, 2.45) is 0 Å². The van der Waals surface area contributed by atoms with Crippen molar-refractivity contribution < 1.29 is 27.1 Å². The molecule has 0 spiro atoms. The maximum absolute atomic E-state index is 12.8. The number of carbonyl (C=O) groups is 1. The molecule has 0 saturated carbocycles. The second-order valence-corrected chi connectivity index (χ2v) is 5.70. The van der Waals surface area contributed by atoms with Gasteiger partial charge in [-0.05, 0) is 36.4 Å². The van der Waals surface area contributed by atoms with Crippen LogP contribution in [-0.2, 0) is 12.6 Å². The van der Waals surface area contributed by atoms with E-state index in [0.29, 0.717) is 12.3 Å². The summed E-state index contributed by atoms with van der Waals surface area (Å²) in [7, 11) is 0. The first-order chi connectivity index (χ1) is 13.3. The molecular formula is C18H15F3N4O3. The van der Waals surface area contributed by atoms with Gasteiger partial charge in [0.05, 0.1) is 5.56 Å². The molecule has 1 amide bonds. The summed E-state index contributed by atoms with van der Waals surface area (Å²) in [4.78, 5) is 12.2. The summed E-state index contributed by atoms with van der Waals surface area (Å²) in [6.07, 6.45) is -4.17. The minimum atomic E-state index is -4.47. The first-order valence-corrected chi connectivity index (χ1v) is 8.12. The minimum Gasteiger partial charge on any atom is -0.457 e. The highest BCUT2D eigenvalue weighted by Gasteiger charge is 2.30. The van der Waals surface area contributed by atoms with Crippen LogP contribution in [0.3, 0.4) is 0 Å². The normalized spacial score (nSPS) is 11.2. The van der Waals surface area contributed by atoms with Crippen LogP contribution in [0.15, 0.2) is 52.9 Å². The molecule has 3 N–H and O–H groups in total. The fourth-order valence-electron chi connectivity index (χ4n) is 2.33. The Balaban J connectivity index is 1.62. The molecule has 0 unspecified atom stereocenters. The average Bonchev–Trinajstić information content (AvgIpc) is 3.06. The number of nitrogens with zero attached hydrogens (tertiary/aromatic N) is 2. The Labute approximate surface area is 157 Å². The summed E-state index contributed by atoms with van der Waals surface area (Å²) in [5, 5.41) is 9.85. The van der Waals surface area contributed by atoms with Crippen molar-refractivity contribution in [1.82, 2.24) is 15.5 Å². The quantitative estimate of drug-likeness (QED) is 0.666. The van der Waals surface area contributed by atoms with E-state index in [2.05, 4.69) is 15.5 Å². The molecule has 3 rings (SSSR count). The predicted molar refractivity (Wildman–Crippen MR) is 92.7 cm³/mol. The van der Waals surface area contributed by atoms with Crippen LogP contribution in [0.1, 0.15) is 21.8 Å². The maximum Gasteiger partial charge on any atom is 0.416 e. The van der Waals surface area contributed by atoms with Crippen LogP contribution in [-0.4, -0.2) is 22.6 Å². The number of ether oxygens (including phenoxy) is 1. The number of halogens is 3. The lowest BCUT2D eigenvalue weighted by molar-refractivity contribution is -0.137. The van der Waals surface area contributed by atoms with Crippen molar-refractivity contribution in [2.75, 3.05) is 12.3 Å². The van der Waals surface area contributed by atoms with E-state index in [9.17, 15) is 18.0 Å². The number of benzene rings is 2. The largest absolute Gasteiger partial charge is 0.457 e. The van der Waals surface area contributed by atoms with E-state index in [4.69, 9.17) is 14.9 Å². The Kier molecular flexibility index (Phi) is 5.48. The van der Waals surface area contributed by atoms with Gasteiger partial charge in [-0.25, -0.2) is 0 Å². The molecule has 2 aromatic carbocycles. The van der Waals surface area contributed by atoms with E-state index in [1.807, 2.05) is 0 Å². The third-order valence-electron chi connectivity index (χ3n) is 3.60. The molecule has 1 aromatic heterocycles. The molecule has 0 atom stereocenters. The number of hydrogen-bond donors (Lipinski definition) is 2. The van der Waals surface area contributed by atoms with Gasteiger partial charge in [-0.1, -0.05) is 17.2 Å². The van der Waals surface area contributed by atoms with Crippen LogP contribution >= 0.6 is 0 Å². The van der Waals surface area contributed by atoms with Gasteiger partial charge in [0.25, 0.3) is 5.91 Å². The van der Waals surface area contributed by atoms with Crippen LogP contribution < -0.4 is 15.8 Å². The van der Waals surface area contributed by atoms with Crippen LogP contribution in [0.4, 0.5) is 19.2 Å². The lowest BCUT2D eigenvalue weighted by Gasteiger charge is -2.11. The van der Waals surface area contributed by atoms with E-state index in [1.54, 1.807) is 12.1 Å². The molecule has 146 valence electrons. The number of nitrogens with one attached hydrogen (secondary N) is 1. The van der Waals surface area contributed by atoms with E-state index < -0.39 is 11.7 Å². The number of carbonyl (C=O) groups excluding carboxylic acids is 1. The molecule has 7 nitrogen and oxygen atoms in total. The van der Waals surface area contributed by atoms with Crippen molar-refractivity contribution in [3.05, 3.63) is 65.5 Å². The van der Waals surface area contributed by atoms with Gasteiger partial charge in [-0.2, -0.15) is 13.2 Å². The fourth-order valence-corrected chi connectivity index (χ4v) is 2.33. The highest BCUT2D eigenvalue weighted by molar-refractivity contribution is 5.94. The Morgan fingerprint density at radius 1 is 1.11 bits per heavy atom. The monoisotopic (exact) mass is 392 g/mol. The number of aromatic nitrogens is 2. The van der Waals surface area contributed by atoms with Gasteiger partial charge in [-0.15, -0.1) is 5.10 Å². The van der Waals surface area contributed by atoms with Gasteiger partial charge in [0.1, 0.15) is 11.5 Å². The van der Waals surface area contributed by atoms with Crippen LogP contribution in [0.2, 0.25) is 0 Å². The van der Waals surface area contributed by atoms with Crippen LogP contribution in [0.25, 0.3) is 0 Å². The molecule has 0 aliphatic carbocycles. The third-order valence-corrected chi connectivity index (χ3v) is 3.60. The summed E-state index contributed by atoms with van der Waals surface area (Å²) in [5.41, 5.74) is 4.78. The Bertz CT molecular complexity index is 972. The minimum absolute atomic E-state index is 0.0152. The van der Waals surface area contributed by atoms with Gasteiger partial charge in [0.15, 0.2) is 0 Å². The van der Waals surface area contributed by atoms with E-state index in [0.717, 1.165) is 12.1 Å². The number of nitrogens with two attached hydrogens (primary N) is 1. The summed E-state index contributed by atoms with van der Waals surface area (Å²) in [5.74, 6) is 0.152. The lowest BCUT2D eigenvalue weighted by atomic mass is 10.2. The number of alkyl halides is 3. The summed E-state index contributed by atoms with van der Waals surface area (Å²) >= 11 is 0. The first kappa shape index (κ1) is 19.2. The Morgan fingerprint density at radius 3 is 2.50 bits per heavy atom. The third kappa shape index (κ3) is 5.00. The molecule has 0 aliphatic heterocycles. The molecule has 1 heterocycles. The molecule has 10 heteroatoms. The average molecular weight is 392 g/mol. The molecule has 0 saturated heterocycles. The predicted octanol–water partition coefficient (Wildman–Crippen LogP) is 3.44. The molecule has 0 fully saturated rings. The van der Waals surface area contributed by atoms with Crippen molar-refractivity contribution in [1.29, 1.82) is 0 Å². The number of amides is 1. The highest BCUT2D eigenvalue weighted by atomic mass is 19.4. The summed E-state index contributed by atoms with van der Waals surface area (Å²) in [6.45, 7) is 0.235. The maximum atomic E-state index is 12.8. The van der Waals surface area contributed by atoms with Gasteiger partial charge >= 0.3 is 12.2 Å². The van der Waals surface area contributed by atoms with Gasteiger partial charge in [-0.3, -0.25) is 4.79 Å². The topological polar surface area (TPSA) is 103 Å². The zero-order chi connectivity index (χ0) is 20.1. The first-order valence-electron chi connectivity index (χ1n) is 8.12. The Hall–Kier alpha value is -3.56. The van der Waals surface area contributed by atoms with Crippen molar-refractivity contribution in [3.63, 3.8) is 0 Å². The number of hydrogen-bond acceptors (Lipinski definition) is 6. The number of rotatable bonds is 6. The molecular weight excluding hydrogens is 377 g/mol. The van der Waals surface area contributed by atoms with Crippen molar-refractivity contribution >= 4 is 11.9 Å². The highest BCUT2D eigenvalue weighted by Crippen LogP contribution is 2.32. The van der Waals surface area contributed by atoms with Gasteiger partial charge in [0.2, 0.25) is 5.89 Å². The number of anilines is 1. The van der Waals surface area contributed by atoms with E-state index in [1.165, 1.54) is 24.3 Å². The smallest absolute Gasteiger partial charge is 0.416 e. The summed E-state index contributed by atoms with van der Waals surface area (Å²) < 4.78 is 48.8. The zero-order valence-corrected chi connectivity index (χ0v) is 14.4. The molecule has 3 aromatic rings. The molecule has 0 bridgehead atoms. The van der Waals surface area contributed by atoms with Gasteiger partial charge in [0, 0.05) is 18.5 Å². The van der Waals surface area contributed by atoms with E-state index >= 15 is 0 Å². The van der Waals surface area contributed by atoms with Crippen LogP contribution in [0.5, 0.6) is 11.5 Å².